The Labute approximate surface area is 123 Å². The number of carbonyl (C=O) groups excluding carboxylic acids is 1. The fourth-order valence-corrected chi connectivity index (χ4v) is 3.50. The zero-order valence-electron chi connectivity index (χ0n) is 10.3. The van der Waals surface area contributed by atoms with Crippen molar-refractivity contribution in [3.05, 3.63) is 20.8 Å². The molecule has 0 bridgehead atoms. The number of thiophene rings is 1. The molecule has 1 aliphatic heterocycles. The summed E-state index contributed by atoms with van der Waals surface area (Å²) < 4.78 is 6.25. The van der Waals surface area contributed by atoms with E-state index in [1.807, 2.05) is 11.4 Å². The van der Waals surface area contributed by atoms with Crippen LogP contribution in [0.5, 0.6) is 0 Å². The van der Waals surface area contributed by atoms with Gasteiger partial charge in [-0.15, -0.1) is 11.3 Å². The molecule has 7 heteroatoms. The number of rotatable bonds is 4. The number of halogens is 1. The second kappa shape index (κ2) is 6.02. The molecule has 1 aliphatic rings. The van der Waals surface area contributed by atoms with Gasteiger partial charge < -0.3 is 14.7 Å². The molecule has 5 nitrogen and oxygen atoms in total. The number of ether oxygens (including phenoxy) is 1. The van der Waals surface area contributed by atoms with E-state index in [0.717, 1.165) is 9.35 Å². The van der Waals surface area contributed by atoms with Crippen molar-refractivity contribution in [3.63, 3.8) is 0 Å². The van der Waals surface area contributed by atoms with Crippen LogP contribution in [-0.4, -0.2) is 41.1 Å². The molecular weight excluding hydrogens is 334 g/mol. The molecule has 1 saturated heterocycles. The van der Waals surface area contributed by atoms with Gasteiger partial charge in [-0.25, -0.2) is 4.79 Å². The number of carboxylic acid groups (broad SMARTS) is 1. The van der Waals surface area contributed by atoms with Crippen LogP contribution in [0.15, 0.2) is 15.9 Å². The smallest absolute Gasteiger partial charge is 0.332 e. The Hall–Kier alpha value is -0.920. The molecule has 0 aliphatic carbocycles. The normalized spacial score (nSPS) is 22.4. The Balaban J connectivity index is 1.91. The third-order valence-corrected chi connectivity index (χ3v) is 4.64. The highest BCUT2D eigenvalue weighted by atomic mass is 79.9. The summed E-state index contributed by atoms with van der Waals surface area (Å²) in [7, 11) is 1.70. The van der Waals surface area contributed by atoms with Crippen LogP contribution < -0.4 is 0 Å². The minimum absolute atomic E-state index is 0.159. The van der Waals surface area contributed by atoms with Crippen molar-refractivity contribution in [3.8, 4) is 0 Å². The van der Waals surface area contributed by atoms with Gasteiger partial charge in [-0.05, 0) is 34.8 Å². The quantitative estimate of drug-likeness (QED) is 0.905. The van der Waals surface area contributed by atoms with Crippen molar-refractivity contribution in [2.24, 2.45) is 0 Å². The van der Waals surface area contributed by atoms with Crippen LogP contribution in [0.25, 0.3) is 0 Å². The summed E-state index contributed by atoms with van der Waals surface area (Å²) in [6.45, 7) is 0.507. The maximum atomic E-state index is 12.1. The number of carboxylic acids is 1. The van der Waals surface area contributed by atoms with E-state index >= 15 is 0 Å². The number of amides is 1. The lowest BCUT2D eigenvalue weighted by Crippen LogP contribution is -2.36. The van der Waals surface area contributed by atoms with Crippen molar-refractivity contribution in [1.82, 2.24) is 4.90 Å². The van der Waals surface area contributed by atoms with Crippen molar-refractivity contribution in [1.29, 1.82) is 0 Å². The van der Waals surface area contributed by atoms with Crippen LogP contribution in [0.4, 0.5) is 0 Å². The zero-order valence-corrected chi connectivity index (χ0v) is 12.7. The summed E-state index contributed by atoms with van der Waals surface area (Å²) >= 11 is 4.93. The summed E-state index contributed by atoms with van der Waals surface area (Å²) in [5, 5.41) is 10.8. The molecule has 1 N–H and O–H groups in total. The number of carbonyl (C=O) groups is 2. The van der Waals surface area contributed by atoms with E-state index in [4.69, 9.17) is 9.84 Å². The third kappa shape index (κ3) is 3.55. The lowest BCUT2D eigenvalue weighted by Gasteiger charge is -2.20. The molecule has 0 radical (unpaired) electrons. The highest BCUT2D eigenvalue weighted by Crippen LogP contribution is 2.24. The van der Waals surface area contributed by atoms with Crippen molar-refractivity contribution in [2.45, 2.75) is 31.6 Å². The van der Waals surface area contributed by atoms with Gasteiger partial charge in [-0.1, -0.05) is 0 Å². The molecule has 0 unspecified atom stereocenters. The topological polar surface area (TPSA) is 66.8 Å². The van der Waals surface area contributed by atoms with Crippen molar-refractivity contribution < 1.29 is 19.4 Å². The van der Waals surface area contributed by atoms with Gasteiger partial charge in [0, 0.05) is 21.8 Å². The van der Waals surface area contributed by atoms with Crippen LogP contribution in [0, 0.1) is 0 Å². The Kier molecular flexibility index (Phi) is 4.59. The molecule has 2 heterocycles. The zero-order chi connectivity index (χ0) is 14.0. The van der Waals surface area contributed by atoms with E-state index in [2.05, 4.69) is 15.9 Å². The van der Waals surface area contributed by atoms with Gasteiger partial charge in [0.25, 0.3) is 5.91 Å². The summed E-state index contributed by atoms with van der Waals surface area (Å²) in [6, 6.07) is 1.96. The highest BCUT2D eigenvalue weighted by molar-refractivity contribution is 9.10. The maximum Gasteiger partial charge on any atom is 0.332 e. The van der Waals surface area contributed by atoms with Gasteiger partial charge in [0.05, 0.1) is 6.54 Å². The van der Waals surface area contributed by atoms with Gasteiger partial charge in [-0.3, -0.25) is 4.79 Å². The highest BCUT2D eigenvalue weighted by Gasteiger charge is 2.36. The maximum absolute atomic E-state index is 12.1. The van der Waals surface area contributed by atoms with Gasteiger partial charge in [-0.2, -0.15) is 0 Å². The van der Waals surface area contributed by atoms with Gasteiger partial charge in [0.1, 0.15) is 6.10 Å². The Morgan fingerprint density at radius 2 is 2.21 bits per heavy atom. The molecule has 0 aromatic carbocycles. The molecule has 19 heavy (non-hydrogen) atoms. The van der Waals surface area contributed by atoms with E-state index in [0.29, 0.717) is 19.4 Å². The molecule has 1 fully saturated rings. The molecule has 0 saturated carbocycles. The number of likely N-dealkylation sites (N-methyl/N-ethyl adjacent to an activating group) is 1. The second-order valence-corrected chi connectivity index (χ2v) is 6.37. The summed E-state index contributed by atoms with van der Waals surface area (Å²) in [4.78, 5) is 25.5. The van der Waals surface area contributed by atoms with Crippen molar-refractivity contribution >= 4 is 39.1 Å². The summed E-state index contributed by atoms with van der Waals surface area (Å²) in [6.07, 6.45) is -0.619. The summed E-state index contributed by atoms with van der Waals surface area (Å²) in [5.74, 6) is -1.16. The van der Waals surface area contributed by atoms with E-state index < -0.39 is 18.2 Å². The fraction of sp³-hybridized carbons (Fsp3) is 0.500. The monoisotopic (exact) mass is 347 g/mol. The van der Waals surface area contributed by atoms with Crippen LogP contribution in [-0.2, 0) is 20.9 Å². The van der Waals surface area contributed by atoms with E-state index in [-0.39, 0.29) is 5.91 Å². The third-order valence-electron chi connectivity index (χ3n) is 2.96. The minimum atomic E-state index is -1.000. The number of hydrogen-bond donors (Lipinski definition) is 1. The Morgan fingerprint density at radius 1 is 1.53 bits per heavy atom. The first-order valence-corrected chi connectivity index (χ1v) is 7.51. The molecule has 1 amide bonds. The van der Waals surface area contributed by atoms with Gasteiger partial charge >= 0.3 is 5.97 Å². The standard InChI is InChI=1S/C12H14BrNO4S/c1-14(5-8-4-7(13)6-19-8)11(15)9-2-3-10(18-9)12(16)17/h4,6,9-10H,2-3,5H2,1H3,(H,16,17)/t9-,10+/m0/s1. The van der Waals surface area contributed by atoms with E-state index in [1.165, 1.54) is 0 Å². The molecule has 0 spiro atoms. The van der Waals surface area contributed by atoms with Crippen LogP contribution in [0.1, 0.15) is 17.7 Å². The summed E-state index contributed by atoms with van der Waals surface area (Å²) in [5.41, 5.74) is 0. The predicted octanol–water partition coefficient (Wildman–Crippen LogP) is 2.10. The lowest BCUT2D eigenvalue weighted by atomic mass is 10.2. The molecular formula is C12H14BrNO4S. The van der Waals surface area contributed by atoms with Gasteiger partial charge in [0.2, 0.25) is 0 Å². The Morgan fingerprint density at radius 3 is 2.74 bits per heavy atom. The SMILES string of the molecule is CN(Cc1cc(Br)cs1)C(=O)[C@@H]1CC[C@H](C(=O)O)O1. The number of aliphatic carboxylic acids is 1. The van der Waals surface area contributed by atoms with Crippen LogP contribution in [0.3, 0.4) is 0 Å². The van der Waals surface area contributed by atoms with Crippen LogP contribution >= 0.6 is 27.3 Å². The molecule has 2 rings (SSSR count). The van der Waals surface area contributed by atoms with Crippen molar-refractivity contribution in [2.75, 3.05) is 7.05 Å². The lowest BCUT2D eigenvalue weighted by molar-refractivity contribution is -0.154. The van der Waals surface area contributed by atoms with E-state index in [9.17, 15) is 9.59 Å². The van der Waals surface area contributed by atoms with Gasteiger partial charge in [0.15, 0.2) is 6.10 Å². The fourth-order valence-electron chi connectivity index (χ4n) is 1.99. The predicted molar refractivity (Wildman–Crippen MR) is 74.0 cm³/mol. The first-order valence-electron chi connectivity index (χ1n) is 5.83. The largest absolute Gasteiger partial charge is 0.479 e. The molecule has 1 aromatic rings. The number of hydrogen-bond acceptors (Lipinski definition) is 4. The molecule has 1 aromatic heterocycles. The average molecular weight is 348 g/mol. The molecule has 2 atom stereocenters. The van der Waals surface area contributed by atoms with E-state index in [1.54, 1.807) is 23.3 Å². The molecule has 104 valence electrons. The Bertz CT molecular complexity index is 490. The number of nitrogens with zero attached hydrogens (tertiary/aromatic N) is 1. The average Bonchev–Trinajstić information content (AvgIpc) is 2.97. The minimum Gasteiger partial charge on any atom is -0.479 e. The first-order chi connectivity index (χ1) is 8.97. The second-order valence-electron chi connectivity index (χ2n) is 4.45. The first kappa shape index (κ1) is 14.5. The van der Waals surface area contributed by atoms with Crippen LogP contribution in [0.2, 0.25) is 0 Å².